The first kappa shape index (κ1) is 17.7. The minimum absolute atomic E-state index is 0.109. The molecule has 0 radical (unpaired) electrons. The third-order valence-electron chi connectivity index (χ3n) is 6.23. The molecule has 140 valence electrons. The van der Waals surface area contributed by atoms with E-state index < -0.39 is 0 Å². The van der Waals surface area contributed by atoms with E-state index in [9.17, 15) is 9.59 Å². The SMILES string of the molecule is CCC(=O)N(C)c1ccc(C23CC(C(=O)NCc4cccnc4)(C2)C3)cc1. The standard InChI is InChI=1S/C22H25N3O2/c1-3-19(26)25(2)18-8-6-17(7-9-18)21-13-22(14-21,15-21)20(27)24-12-16-5-4-10-23-11-16/h4-11H,3,12-15H2,1-2H3,(H,24,27). The summed E-state index contributed by atoms with van der Waals surface area (Å²) in [5.74, 6) is 0.274. The molecule has 3 saturated carbocycles. The number of carbonyl (C=O) groups excluding carboxylic acids is 2. The summed E-state index contributed by atoms with van der Waals surface area (Å²) >= 11 is 0. The number of rotatable bonds is 6. The lowest BCUT2D eigenvalue weighted by molar-refractivity contribution is -0.176. The highest BCUT2D eigenvalue weighted by Gasteiger charge is 2.71. The van der Waals surface area contributed by atoms with Crippen molar-refractivity contribution in [1.82, 2.24) is 10.3 Å². The highest BCUT2D eigenvalue weighted by atomic mass is 16.2. The number of anilines is 1. The second kappa shape index (κ2) is 6.48. The van der Waals surface area contributed by atoms with Gasteiger partial charge in [0.25, 0.3) is 0 Å². The molecule has 0 aliphatic heterocycles. The first-order valence-corrected chi connectivity index (χ1v) is 9.52. The van der Waals surface area contributed by atoms with E-state index in [-0.39, 0.29) is 22.6 Å². The number of nitrogens with zero attached hydrogens (tertiary/aromatic N) is 2. The predicted molar refractivity (Wildman–Crippen MR) is 104 cm³/mol. The van der Waals surface area contributed by atoms with Crippen LogP contribution in [0.25, 0.3) is 0 Å². The van der Waals surface area contributed by atoms with E-state index in [1.807, 2.05) is 38.2 Å². The van der Waals surface area contributed by atoms with Crippen LogP contribution < -0.4 is 10.2 Å². The third kappa shape index (κ3) is 2.91. The van der Waals surface area contributed by atoms with Gasteiger partial charge in [0.2, 0.25) is 11.8 Å². The fourth-order valence-electron chi connectivity index (χ4n) is 4.63. The molecular weight excluding hydrogens is 338 g/mol. The van der Waals surface area contributed by atoms with Crippen LogP contribution in [0.2, 0.25) is 0 Å². The highest BCUT2D eigenvalue weighted by Crippen LogP contribution is 2.73. The Morgan fingerprint density at radius 1 is 1.15 bits per heavy atom. The molecule has 5 heteroatoms. The fraction of sp³-hybridized carbons (Fsp3) is 0.409. The molecule has 3 fully saturated rings. The largest absolute Gasteiger partial charge is 0.351 e. The third-order valence-corrected chi connectivity index (χ3v) is 6.23. The van der Waals surface area contributed by atoms with Crippen LogP contribution in [0, 0.1) is 5.41 Å². The molecule has 0 spiro atoms. The Morgan fingerprint density at radius 2 is 1.85 bits per heavy atom. The molecule has 3 aliphatic rings. The number of aromatic nitrogens is 1. The summed E-state index contributed by atoms with van der Waals surface area (Å²) in [7, 11) is 1.81. The van der Waals surface area contributed by atoms with E-state index in [0.717, 1.165) is 30.5 Å². The zero-order chi connectivity index (χ0) is 19.1. The fourth-order valence-corrected chi connectivity index (χ4v) is 4.63. The average molecular weight is 363 g/mol. The summed E-state index contributed by atoms with van der Waals surface area (Å²) < 4.78 is 0. The Hall–Kier alpha value is -2.69. The first-order valence-electron chi connectivity index (χ1n) is 9.52. The molecule has 5 nitrogen and oxygen atoms in total. The zero-order valence-electron chi connectivity index (χ0n) is 15.9. The van der Waals surface area contributed by atoms with Gasteiger partial charge < -0.3 is 10.2 Å². The maximum absolute atomic E-state index is 12.6. The van der Waals surface area contributed by atoms with E-state index in [2.05, 4.69) is 22.4 Å². The van der Waals surface area contributed by atoms with Gasteiger partial charge in [-0.15, -0.1) is 0 Å². The van der Waals surface area contributed by atoms with Crippen molar-refractivity contribution in [2.75, 3.05) is 11.9 Å². The van der Waals surface area contributed by atoms with Gasteiger partial charge in [0.05, 0.1) is 5.41 Å². The van der Waals surface area contributed by atoms with Crippen LogP contribution in [0.4, 0.5) is 5.69 Å². The Balaban J connectivity index is 1.35. The number of nitrogens with one attached hydrogen (secondary N) is 1. The molecular formula is C22H25N3O2. The van der Waals surface area contributed by atoms with E-state index in [4.69, 9.17) is 0 Å². The molecule has 1 N–H and O–H groups in total. The van der Waals surface area contributed by atoms with Crippen LogP contribution >= 0.6 is 0 Å². The molecule has 5 rings (SSSR count). The summed E-state index contributed by atoms with van der Waals surface area (Å²) in [6, 6.07) is 12.1. The summed E-state index contributed by atoms with van der Waals surface area (Å²) in [5.41, 5.74) is 3.19. The quantitative estimate of drug-likeness (QED) is 0.857. The van der Waals surface area contributed by atoms with Crippen molar-refractivity contribution in [2.24, 2.45) is 5.41 Å². The molecule has 2 bridgehead atoms. The Bertz CT molecular complexity index is 841. The van der Waals surface area contributed by atoms with Crippen molar-refractivity contribution >= 4 is 17.5 Å². The van der Waals surface area contributed by atoms with Gasteiger partial charge in [-0.3, -0.25) is 14.6 Å². The van der Waals surface area contributed by atoms with Gasteiger partial charge in [-0.05, 0) is 54.0 Å². The molecule has 2 aromatic rings. The van der Waals surface area contributed by atoms with E-state index in [1.165, 1.54) is 5.56 Å². The van der Waals surface area contributed by atoms with Gasteiger partial charge in [0, 0.05) is 38.1 Å². The van der Waals surface area contributed by atoms with Crippen molar-refractivity contribution in [1.29, 1.82) is 0 Å². The van der Waals surface area contributed by atoms with Crippen molar-refractivity contribution in [2.45, 2.75) is 44.6 Å². The molecule has 0 saturated heterocycles. The number of carbonyl (C=O) groups is 2. The lowest BCUT2D eigenvalue weighted by Crippen LogP contribution is -2.69. The van der Waals surface area contributed by atoms with Crippen LogP contribution in [0.5, 0.6) is 0 Å². The molecule has 0 atom stereocenters. The molecule has 1 aromatic carbocycles. The smallest absolute Gasteiger partial charge is 0.226 e. The lowest BCUT2D eigenvalue weighted by atomic mass is 9.33. The minimum atomic E-state index is -0.185. The molecule has 1 heterocycles. The van der Waals surface area contributed by atoms with Crippen molar-refractivity contribution in [3.8, 4) is 0 Å². The van der Waals surface area contributed by atoms with Crippen molar-refractivity contribution < 1.29 is 9.59 Å². The first-order chi connectivity index (χ1) is 13.0. The molecule has 27 heavy (non-hydrogen) atoms. The zero-order valence-corrected chi connectivity index (χ0v) is 15.9. The monoisotopic (exact) mass is 363 g/mol. The average Bonchev–Trinajstić information content (AvgIpc) is 2.64. The van der Waals surface area contributed by atoms with Crippen molar-refractivity contribution in [3.05, 3.63) is 59.9 Å². The summed E-state index contributed by atoms with van der Waals surface area (Å²) in [4.78, 5) is 30.2. The van der Waals surface area contributed by atoms with Crippen LogP contribution in [0.1, 0.15) is 43.7 Å². The van der Waals surface area contributed by atoms with Gasteiger partial charge in [-0.25, -0.2) is 0 Å². The van der Waals surface area contributed by atoms with Gasteiger partial charge in [0.15, 0.2) is 0 Å². The maximum atomic E-state index is 12.6. The van der Waals surface area contributed by atoms with E-state index >= 15 is 0 Å². The number of amides is 2. The summed E-state index contributed by atoms with van der Waals surface area (Å²) in [6.07, 6.45) is 6.77. The Kier molecular flexibility index (Phi) is 4.25. The number of pyridine rings is 1. The second-order valence-corrected chi connectivity index (χ2v) is 7.99. The van der Waals surface area contributed by atoms with Gasteiger partial charge in [-0.1, -0.05) is 25.1 Å². The summed E-state index contributed by atoms with van der Waals surface area (Å²) in [5, 5.41) is 3.07. The normalized spacial score (nSPS) is 25.1. The number of benzene rings is 1. The lowest BCUT2D eigenvalue weighted by Gasteiger charge is -2.69. The second-order valence-electron chi connectivity index (χ2n) is 7.99. The Labute approximate surface area is 159 Å². The number of hydrogen-bond donors (Lipinski definition) is 1. The molecule has 2 amide bonds. The summed E-state index contributed by atoms with van der Waals surface area (Å²) in [6.45, 7) is 2.40. The van der Waals surface area contributed by atoms with E-state index in [1.54, 1.807) is 17.3 Å². The number of hydrogen-bond acceptors (Lipinski definition) is 3. The highest BCUT2D eigenvalue weighted by molar-refractivity contribution is 5.92. The Morgan fingerprint density at radius 3 is 2.44 bits per heavy atom. The predicted octanol–water partition coefficient (Wildman–Crippen LogP) is 3.19. The van der Waals surface area contributed by atoms with Gasteiger partial charge in [0.1, 0.15) is 0 Å². The van der Waals surface area contributed by atoms with Crippen LogP contribution in [-0.4, -0.2) is 23.8 Å². The molecule has 0 unspecified atom stereocenters. The topological polar surface area (TPSA) is 62.3 Å². The van der Waals surface area contributed by atoms with Gasteiger partial charge >= 0.3 is 0 Å². The van der Waals surface area contributed by atoms with Gasteiger partial charge in [-0.2, -0.15) is 0 Å². The maximum Gasteiger partial charge on any atom is 0.226 e. The van der Waals surface area contributed by atoms with E-state index in [0.29, 0.717) is 13.0 Å². The van der Waals surface area contributed by atoms with Crippen LogP contribution in [0.3, 0.4) is 0 Å². The van der Waals surface area contributed by atoms with Crippen molar-refractivity contribution in [3.63, 3.8) is 0 Å². The molecule has 3 aliphatic carbocycles. The minimum Gasteiger partial charge on any atom is -0.351 e. The van der Waals surface area contributed by atoms with Crippen LogP contribution in [0.15, 0.2) is 48.8 Å². The molecule has 1 aromatic heterocycles. The van der Waals surface area contributed by atoms with Crippen LogP contribution in [-0.2, 0) is 21.5 Å².